The van der Waals surface area contributed by atoms with Crippen molar-refractivity contribution in [1.29, 1.82) is 0 Å². The van der Waals surface area contributed by atoms with Gasteiger partial charge in [-0.25, -0.2) is 4.98 Å². The van der Waals surface area contributed by atoms with E-state index >= 15 is 0 Å². The molecule has 0 radical (unpaired) electrons. The van der Waals surface area contributed by atoms with Crippen LogP contribution in [0.2, 0.25) is 0 Å². The summed E-state index contributed by atoms with van der Waals surface area (Å²) in [5.74, 6) is 0.925. The maximum Gasteiger partial charge on any atom is 0.227 e. The van der Waals surface area contributed by atoms with Crippen LogP contribution in [0.4, 0.5) is 11.4 Å². The van der Waals surface area contributed by atoms with Crippen LogP contribution in [-0.4, -0.2) is 4.98 Å². The minimum atomic E-state index is -0.0244. The Morgan fingerprint density at radius 3 is 2.17 bits per heavy atom. The summed E-state index contributed by atoms with van der Waals surface area (Å²) in [7, 11) is 0. The lowest BCUT2D eigenvalue weighted by atomic mass is 9.82. The largest absolute Gasteiger partial charge is 0.436 e. The van der Waals surface area contributed by atoms with Crippen LogP contribution in [0.25, 0.3) is 45.4 Å². The maximum atomic E-state index is 6.47. The van der Waals surface area contributed by atoms with Crippen molar-refractivity contribution in [2.24, 2.45) is 5.92 Å². The van der Waals surface area contributed by atoms with Crippen LogP contribution < -0.4 is 15.7 Å². The molecule has 0 N–H and O–H groups in total. The minimum Gasteiger partial charge on any atom is -0.436 e. The normalized spacial score (nSPS) is 16.8. The molecule has 1 unspecified atom stereocenters. The van der Waals surface area contributed by atoms with Crippen LogP contribution in [0.15, 0.2) is 156 Å². The van der Waals surface area contributed by atoms with Crippen molar-refractivity contribution in [2.75, 3.05) is 4.90 Å². The van der Waals surface area contributed by atoms with E-state index < -0.39 is 0 Å². The third-order valence-electron chi connectivity index (χ3n) is 10.0. The molecule has 6 aromatic rings. The van der Waals surface area contributed by atoms with E-state index in [1.807, 2.05) is 30.3 Å². The number of para-hydroxylation sites is 1. The fourth-order valence-electron chi connectivity index (χ4n) is 7.64. The number of aromatic nitrogens is 1. The standard InChI is InChI=1S/C44H34N2O/c1-44(2)38-18-10-9-16-36(38)41-35(17-11-19-39(41)44)29-20-24-33(25-21-29)46(32-14-7-4-8-15-32)34-26-22-30-23-27-40-42(37(30)28-34)47-43(45-40)31-12-5-3-6-13-31/h3-22,24-28,30H,23H2,1-2H3. The van der Waals surface area contributed by atoms with Crippen LogP contribution >= 0.6 is 0 Å². The summed E-state index contributed by atoms with van der Waals surface area (Å²) in [5.41, 5.74) is 14.3. The van der Waals surface area contributed by atoms with Gasteiger partial charge in [-0.05, 0) is 88.4 Å². The number of allylic oxidation sites excluding steroid dienone is 3. The molecule has 1 heterocycles. The van der Waals surface area contributed by atoms with Crippen LogP contribution in [0, 0.1) is 5.92 Å². The molecule has 3 heteroatoms. The van der Waals surface area contributed by atoms with Crippen LogP contribution in [0.3, 0.4) is 0 Å². The third kappa shape index (κ3) is 4.45. The number of oxazole rings is 1. The van der Waals surface area contributed by atoms with Gasteiger partial charge in [-0.2, -0.15) is 0 Å². The van der Waals surface area contributed by atoms with Crippen molar-refractivity contribution in [3.8, 4) is 33.7 Å². The number of fused-ring (bicyclic) bond motifs is 5. The number of hydrogen-bond donors (Lipinski definition) is 0. The van der Waals surface area contributed by atoms with Gasteiger partial charge in [0.2, 0.25) is 5.89 Å². The summed E-state index contributed by atoms with van der Waals surface area (Å²) in [6.07, 6.45) is 9.97. The van der Waals surface area contributed by atoms with Gasteiger partial charge in [0, 0.05) is 39.5 Å². The van der Waals surface area contributed by atoms with Gasteiger partial charge in [0.15, 0.2) is 5.42 Å². The zero-order valence-electron chi connectivity index (χ0n) is 26.5. The van der Waals surface area contributed by atoms with Gasteiger partial charge >= 0.3 is 0 Å². The average molecular weight is 607 g/mol. The van der Waals surface area contributed by atoms with E-state index in [1.54, 1.807) is 0 Å². The Kier molecular flexibility index (Phi) is 6.29. The lowest BCUT2D eigenvalue weighted by Crippen LogP contribution is -2.32. The Labute approximate surface area is 275 Å². The molecule has 1 atom stereocenters. The fraction of sp³-hybridized carbons (Fsp3) is 0.114. The number of rotatable bonds is 5. The Hall–Kier alpha value is -5.67. The maximum absolute atomic E-state index is 6.47. The van der Waals surface area contributed by atoms with E-state index in [1.165, 1.54) is 39.0 Å². The molecule has 0 fully saturated rings. The van der Waals surface area contributed by atoms with Crippen LogP contribution in [0.5, 0.6) is 0 Å². The van der Waals surface area contributed by atoms with Gasteiger partial charge in [-0.15, -0.1) is 0 Å². The predicted octanol–water partition coefficient (Wildman–Crippen LogP) is 9.56. The molecule has 0 bridgehead atoms. The van der Waals surface area contributed by atoms with Crippen LogP contribution in [-0.2, 0) is 5.41 Å². The average Bonchev–Trinajstić information content (AvgIpc) is 3.67. The highest BCUT2D eigenvalue weighted by Crippen LogP contribution is 2.52. The predicted molar refractivity (Wildman–Crippen MR) is 192 cm³/mol. The fourth-order valence-corrected chi connectivity index (χ4v) is 7.64. The second-order valence-corrected chi connectivity index (χ2v) is 13.1. The first-order valence-corrected chi connectivity index (χ1v) is 16.4. The smallest absolute Gasteiger partial charge is 0.227 e. The first kappa shape index (κ1) is 27.6. The summed E-state index contributed by atoms with van der Waals surface area (Å²) in [4.78, 5) is 7.21. The van der Waals surface area contributed by atoms with Crippen molar-refractivity contribution in [1.82, 2.24) is 4.98 Å². The van der Waals surface area contributed by atoms with Crippen molar-refractivity contribution in [2.45, 2.75) is 25.7 Å². The van der Waals surface area contributed by atoms with Gasteiger partial charge in [-0.3, -0.25) is 0 Å². The monoisotopic (exact) mass is 606 g/mol. The molecule has 3 aliphatic carbocycles. The van der Waals surface area contributed by atoms with Crippen molar-refractivity contribution in [3.63, 3.8) is 0 Å². The Morgan fingerprint density at radius 1 is 0.681 bits per heavy atom. The van der Waals surface area contributed by atoms with Crippen molar-refractivity contribution < 1.29 is 4.42 Å². The highest BCUT2D eigenvalue weighted by atomic mass is 16.3. The molecule has 3 nitrogen and oxygen atoms in total. The first-order chi connectivity index (χ1) is 23.1. The summed E-state index contributed by atoms with van der Waals surface area (Å²) in [5, 5.41) is 0.928. The second kappa shape index (κ2) is 10.7. The second-order valence-electron chi connectivity index (χ2n) is 13.1. The van der Waals surface area contributed by atoms with Gasteiger partial charge in [0.05, 0.1) is 0 Å². The molecule has 0 spiro atoms. The summed E-state index contributed by atoms with van der Waals surface area (Å²) in [6, 6.07) is 45.4. The van der Waals surface area contributed by atoms with E-state index in [4.69, 9.17) is 9.40 Å². The molecule has 0 aliphatic heterocycles. The lowest BCUT2D eigenvalue weighted by Gasteiger charge is -2.30. The summed E-state index contributed by atoms with van der Waals surface area (Å²) < 4.78 is 6.47. The Morgan fingerprint density at radius 2 is 1.36 bits per heavy atom. The van der Waals surface area contributed by atoms with Crippen molar-refractivity contribution >= 4 is 23.0 Å². The summed E-state index contributed by atoms with van der Waals surface area (Å²) in [6.45, 7) is 4.68. The molecule has 9 rings (SSSR count). The molecule has 47 heavy (non-hydrogen) atoms. The number of benzene rings is 5. The molecular formula is C44H34N2O. The zero-order valence-corrected chi connectivity index (χ0v) is 26.5. The lowest BCUT2D eigenvalue weighted by molar-refractivity contribution is 0.531. The molecule has 5 aromatic carbocycles. The first-order valence-electron chi connectivity index (χ1n) is 16.4. The number of hydrogen-bond acceptors (Lipinski definition) is 3. The van der Waals surface area contributed by atoms with Gasteiger partial charge in [-0.1, -0.05) is 117 Å². The van der Waals surface area contributed by atoms with Gasteiger partial charge in [0.1, 0.15) is 5.35 Å². The van der Waals surface area contributed by atoms with E-state index in [0.717, 1.165) is 39.8 Å². The van der Waals surface area contributed by atoms with E-state index in [2.05, 4.69) is 140 Å². The molecule has 0 amide bonds. The number of anilines is 2. The Bertz CT molecular complexity index is 2340. The van der Waals surface area contributed by atoms with E-state index in [-0.39, 0.29) is 11.3 Å². The van der Waals surface area contributed by atoms with Gasteiger partial charge < -0.3 is 9.32 Å². The molecule has 0 saturated carbocycles. The zero-order chi connectivity index (χ0) is 31.5. The molecule has 226 valence electrons. The molecule has 3 aliphatic rings. The minimum absolute atomic E-state index is 0.0244. The van der Waals surface area contributed by atoms with Crippen molar-refractivity contribution in [3.05, 3.63) is 173 Å². The quantitative estimate of drug-likeness (QED) is 0.196. The molecule has 0 saturated heterocycles. The molecule has 1 aromatic heterocycles. The van der Waals surface area contributed by atoms with Gasteiger partial charge in [0.25, 0.3) is 0 Å². The van der Waals surface area contributed by atoms with Crippen LogP contribution in [0.1, 0.15) is 31.4 Å². The SMILES string of the molecule is CC1(C)c2ccccc2-c2c(-c3ccc(N(C4=CC5=c6oc(-c7ccccc7)nc6=CCC5C=C4)c4ccccc4)cc3)cccc21. The molecular weight excluding hydrogens is 572 g/mol. The Balaban J connectivity index is 1.15. The summed E-state index contributed by atoms with van der Waals surface area (Å²) >= 11 is 0. The topological polar surface area (TPSA) is 29.3 Å². The highest BCUT2D eigenvalue weighted by molar-refractivity contribution is 5.93. The highest BCUT2D eigenvalue weighted by Gasteiger charge is 2.36. The van der Waals surface area contributed by atoms with E-state index in [0.29, 0.717) is 5.89 Å². The van der Waals surface area contributed by atoms with E-state index in [9.17, 15) is 0 Å². The third-order valence-corrected chi connectivity index (χ3v) is 10.0. The number of nitrogens with zero attached hydrogens (tertiary/aromatic N) is 2.